The molecule has 2 aromatic heterocycles. The third kappa shape index (κ3) is 1.84. The summed E-state index contributed by atoms with van der Waals surface area (Å²) >= 11 is 6.00. The quantitative estimate of drug-likeness (QED) is 0.664. The molecule has 2 heterocycles. The topological polar surface area (TPSA) is 43.6 Å². The fourth-order valence-corrected chi connectivity index (χ4v) is 2.11. The first kappa shape index (κ1) is 11.2. The lowest BCUT2D eigenvalue weighted by atomic mass is 10.1. The highest BCUT2D eigenvalue weighted by Crippen LogP contribution is 2.19. The monoisotopic (exact) mass is 258 g/mol. The van der Waals surface area contributed by atoms with Gasteiger partial charge in [-0.25, -0.2) is 14.6 Å². The molecule has 0 aliphatic carbocycles. The molecule has 4 nitrogen and oxygen atoms in total. The van der Waals surface area contributed by atoms with Gasteiger partial charge in [-0.15, -0.1) is 0 Å². The van der Waals surface area contributed by atoms with Gasteiger partial charge < -0.3 is 0 Å². The van der Waals surface area contributed by atoms with Crippen LogP contribution in [0.3, 0.4) is 0 Å². The molecule has 0 saturated heterocycles. The van der Waals surface area contributed by atoms with E-state index in [-0.39, 0.29) is 0 Å². The van der Waals surface area contributed by atoms with Crippen LogP contribution in [0.1, 0.15) is 11.1 Å². The van der Waals surface area contributed by atoms with Crippen molar-refractivity contribution >= 4 is 22.6 Å². The molecule has 5 heteroatoms. The van der Waals surface area contributed by atoms with Crippen LogP contribution in [0.4, 0.5) is 0 Å². The molecular weight excluding hydrogens is 248 g/mol. The van der Waals surface area contributed by atoms with Crippen LogP contribution in [0.25, 0.3) is 11.0 Å². The van der Waals surface area contributed by atoms with Crippen molar-refractivity contribution in [1.82, 2.24) is 19.7 Å². The van der Waals surface area contributed by atoms with E-state index in [9.17, 15) is 0 Å². The first-order valence-electron chi connectivity index (χ1n) is 5.62. The molecule has 0 N–H and O–H groups in total. The normalized spacial score (nSPS) is 11.0. The minimum atomic E-state index is 0.441. The van der Waals surface area contributed by atoms with Gasteiger partial charge >= 0.3 is 0 Å². The van der Waals surface area contributed by atoms with Gasteiger partial charge in [0.05, 0.1) is 18.1 Å². The summed E-state index contributed by atoms with van der Waals surface area (Å²) in [7, 11) is 0. The van der Waals surface area contributed by atoms with Crippen LogP contribution in [-0.4, -0.2) is 19.7 Å². The van der Waals surface area contributed by atoms with Gasteiger partial charge in [0.25, 0.3) is 0 Å². The van der Waals surface area contributed by atoms with Gasteiger partial charge in [0.1, 0.15) is 11.5 Å². The zero-order valence-corrected chi connectivity index (χ0v) is 10.6. The zero-order valence-electron chi connectivity index (χ0n) is 9.84. The number of benzene rings is 1. The Hall–Kier alpha value is -1.94. The first-order valence-corrected chi connectivity index (χ1v) is 6.00. The van der Waals surface area contributed by atoms with Crippen molar-refractivity contribution in [2.45, 2.75) is 13.5 Å². The molecule has 0 aliphatic rings. The molecule has 3 aromatic rings. The highest BCUT2D eigenvalue weighted by Gasteiger charge is 2.08. The fraction of sp³-hybridized carbons (Fsp3) is 0.154. The van der Waals surface area contributed by atoms with Crippen LogP contribution in [0.15, 0.2) is 36.8 Å². The van der Waals surface area contributed by atoms with Crippen molar-refractivity contribution in [2.24, 2.45) is 0 Å². The standard InChI is InChI=1S/C13H11ClN4/c1-9-4-2-3-5-10(9)7-18-13-11(6-17-18)12(14)15-8-16-13/h2-6,8H,7H2,1H3. The lowest BCUT2D eigenvalue weighted by Gasteiger charge is -2.06. The van der Waals surface area contributed by atoms with Crippen molar-refractivity contribution < 1.29 is 0 Å². The Labute approximate surface area is 109 Å². The van der Waals surface area contributed by atoms with E-state index in [1.807, 2.05) is 16.8 Å². The maximum Gasteiger partial charge on any atom is 0.162 e. The van der Waals surface area contributed by atoms with E-state index in [0.717, 1.165) is 11.0 Å². The Kier molecular flexibility index (Phi) is 2.72. The minimum Gasteiger partial charge on any atom is -0.243 e. The zero-order chi connectivity index (χ0) is 12.5. The van der Waals surface area contributed by atoms with Crippen molar-refractivity contribution in [1.29, 1.82) is 0 Å². The van der Waals surface area contributed by atoms with Crippen LogP contribution in [-0.2, 0) is 6.54 Å². The van der Waals surface area contributed by atoms with Gasteiger partial charge in [-0.1, -0.05) is 35.9 Å². The number of nitrogens with zero attached hydrogens (tertiary/aromatic N) is 4. The Morgan fingerprint density at radius 2 is 2.06 bits per heavy atom. The minimum absolute atomic E-state index is 0.441. The first-order chi connectivity index (χ1) is 8.75. The smallest absolute Gasteiger partial charge is 0.162 e. The second-order valence-electron chi connectivity index (χ2n) is 4.13. The fourth-order valence-electron chi connectivity index (χ4n) is 1.93. The van der Waals surface area contributed by atoms with Crippen LogP contribution < -0.4 is 0 Å². The summed E-state index contributed by atoms with van der Waals surface area (Å²) in [6.07, 6.45) is 3.16. The van der Waals surface area contributed by atoms with Crippen LogP contribution in [0, 0.1) is 6.92 Å². The summed E-state index contributed by atoms with van der Waals surface area (Å²) < 4.78 is 1.84. The third-order valence-corrected chi connectivity index (χ3v) is 3.27. The van der Waals surface area contributed by atoms with Gasteiger partial charge in [-0.05, 0) is 18.1 Å². The molecule has 0 saturated carbocycles. The molecule has 0 bridgehead atoms. The van der Waals surface area contributed by atoms with E-state index >= 15 is 0 Å². The maximum atomic E-state index is 6.00. The molecule has 90 valence electrons. The van der Waals surface area contributed by atoms with Gasteiger partial charge in [0, 0.05) is 0 Å². The lowest BCUT2D eigenvalue weighted by Crippen LogP contribution is -2.04. The SMILES string of the molecule is Cc1ccccc1Cn1ncc2c(Cl)ncnc21. The average molecular weight is 259 g/mol. The van der Waals surface area contributed by atoms with Crippen molar-refractivity contribution in [3.05, 3.63) is 53.1 Å². The molecule has 1 aromatic carbocycles. The molecule has 3 rings (SSSR count). The molecule has 0 atom stereocenters. The van der Waals surface area contributed by atoms with E-state index in [0.29, 0.717) is 11.7 Å². The molecule has 0 radical (unpaired) electrons. The van der Waals surface area contributed by atoms with Crippen LogP contribution in [0.2, 0.25) is 5.15 Å². The number of aryl methyl sites for hydroxylation is 1. The summed E-state index contributed by atoms with van der Waals surface area (Å²) in [4.78, 5) is 8.18. The Bertz CT molecular complexity index is 705. The summed E-state index contributed by atoms with van der Waals surface area (Å²) in [5.74, 6) is 0. The number of hydrogen-bond donors (Lipinski definition) is 0. The maximum absolute atomic E-state index is 6.00. The van der Waals surface area contributed by atoms with Gasteiger partial charge in [0.2, 0.25) is 0 Å². The van der Waals surface area contributed by atoms with Crippen molar-refractivity contribution in [3.8, 4) is 0 Å². The highest BCUT2D eigenvalue weighted by molar-refractivity contribution is 6.33. The number of fused-ring (bicyclic) bond motifs is 1. The largest absolute Gasteiger partial charge is 0.243 e. The number of aromatic nitrogens is 4. The Morgan fingerprint density at radius 1 is 1.22 bits per heavy atom. The molecular formula is C13H11ClN4. The molecule has 0 amide bonds. The molecule has 18 heavy (non-hydrogen) atoms. The summed E-state index contributed by atoms with van der Waals surface area (Å²) in [5, 5.41) is 5.55. The van der Waals surface area contributed by atoms with Crippen molar-refractivity contribution in [3.63, 3.8) is 0 Å². The summed E-state index contributed by atoms with van der Waals surface area (Å²) in [5.41, 5.74) is 3.22. The predicted octanol–water partition coefficient (Wildman–Crippen LogP) is 2.84. The molecule has 0 fully saturated rings. The van der Waals surface area contributed by atoms with Gasteiger partial charge in [-0.3, -0.25) is 0 Å². The number of halogens is 1. The molecule has 0 spiro atoms. The predicted molar refractivity (Wildman–Crippen MR) is 70.6 cm³/mol. The number of hydrogen-bond acceptors (Lipinski definition) is 3. The second-order valence-corrected chi connectivity index (χ2v) is 4.49. The highest BCUT2D eigenvalue weighted by atomic mass is 35.5. The Balaban J connectivity index is 2.06. The molecule has 0 aliphatic heterocycles. The summed E-state index contributed by atoms with van der Waals surface area (Å²) in [6.45, 7) is 2.77. The number of rotatable bonds is 2. The van der Waals surface area contributed by atoms with E-state index in [1.54, 1.807) is 6.20 Å². The Morgan fingerprint density at radius 3 is 2.89 bits per heavy atom. The third-order valence-electron chi connectivity index (χ3n) is 2.97. The second kappa shape index (κ2) is 4.38. The van der Waals surface area contributed by atoms with E-state index in [2.05, 4.69) is 34.1 Å². The molecule has 0 unspecified atom stereocenters. The van der Waals surface area contributed by atoms with E-state index in [4.69, 9.17) is 11.6 Å². The summed E-state index contributed by atoms with van der Waals surface area (Å²) in [6, 6.07) is 8.23. The van der Waals surface area contributed by atoms with E-state index < -0.39 is 0 Å². The van der Waals surface area contributed by atoms with Crippen LogP contribution in [0.5, 0.6) is 0 Å². The van der Waals surface area contributed by atoms with Gasteiger partial charge in [0.15, 0.2) is 5.65 Å². The van der Waals surface area contributed by atoms with Crippen molar-refractivity contribution in [2.75, 3.05) is 0 Å². The average Bonchev–Trinajstić information content (AvgIpc) is 2.77. The lowest BCUT2D eigenvalue weighted by molar-refractivity contribution is 0.700. The van der Waals surface area contributed by atoms with E-state index in [1.165, 1.54) is 17.5 Å². The van der Waals surface area contributed by atoms with Crippen LogP contribution >= 0.6 is 11.6 Å². The van der Waals surface area contributed by atoms with Gasteiger partial charge in [-0.2, -0.15) is 5.10 Å².